The molecule has 0 heterocycles. The van der Waals surface area contributed by atoms with E-state index in [1.165, 1.54) is 18.2 Å². The molecule has 1 saturated carbocycles. The van der Waals surface area contributed by atoms with Gasteiger partial charge in [0.1, 0.15) is 11.7 Å². The fraction of sp³-hybridized carbons (Fsp3) is 0.636. The number of alkyl halides is 3. The van der Waals surface area contributed by atoms with Crippen molar-refractivity contribution < 1.29 is 26.3 Å². The van der Waals surface area contributed by atoms with Crippen LogP contribution in [0.15, 0.2) is 24.0 Å². The molecule has 8 heteroatoms. The standard InChI is InChI=1S/C11H14F3NO3S/c1-19(16,17)15-8-3-2-4-9(18-7-5-6-7)10(8)11(12,13)14/h2-4,7-8,10,15H,5-6H2,1H3. The highest BCUT2D eigenvalue weighted by atomic mass is 32.2. The highest BCUT2D eigenvalue weighted by molar-refractivity contribution is 7.88. The molecule has 0 aliphatic heterocycles. The Hall–Kier alpha value is -1.02. The number of rotatable bonds is 4. The van der Waals surface area contributed by atoms with Gasteiger partial charge in [0.25, 0.3) is 0 Å². The Bertz CT molecular complexity index is 506. The minimum Gasteiger partial charge on any atom is -0.494 e. The molecule has 1 fully saturated rings. The van der Waals surface area contributed by atoms with Crippen LogP contribution in [0.25, 0.3) is 0 Å². The van der Waals surface area contributed by atoms with Crippen LogP contribution >= 0.6 is 0 Å². The summed E-state index contributed by atoms with van der Waals surface area (Å²) in [6, 6.07) is -1.37. The predicted molar refractivity (Wildman–Crippen MR) is 62.6 cm³/mol. The summed E-state index contributed by atoms with van der Waals surface area (Å²) < 4.78 is 68.8. The third-order valence-corrected chi connectivity index (χ3v) is 3.47. The second-order valence-corrected chi connectivity index (χ2v) is 6.49. The van der Waals surface area contributed by atoms with Gasteiger partial charge in [0.2, 0.25) is 10.0 Å². The van der Waals surface area contributed by atoms with Crippen molar-refractivity contribution in [3.8, 4) is 0 Å². The summed E-state index contributed by atoms with van der Waals surface area (Å²) >= 11 is 0. The first-order chi connectivity index (χ1) is 8.67. The van der Waals surface area contributed by atoms with Crippen LogP contribution in [0.1, 0.15) is 12.8 Å². The quantitative estimate of drug-likeness (QED) is 0.859. The van der Waals surface area contributed by atoms with E-state index < -0.39 is 28.2 Å². The molecule has 0 saturated heterocycles. The van der Waals surface area contributed by atoms with E-state index in [2.05, 4.69) is 0 Å². The first-order valence-electron chi connectivity index (χ1n) is 5.76. The molecule has 2 rings (SSSR count). The number of hydrogen-bond donors (Lipinski definition) is 1. The molecule has 2 unspecified atom stereocenters. The first-order valence-corrected chi connectivity index (χ1v) is 7.65. The van der Waals surface area contributed by atoms with Crippen LogP contribution in [0.5, 0.6) is 0 Å². The summed E-state index contributed by atoms with van der Waals surface area (Å²) in [5.74, 6) is -2.20. The fourth-order valence-electron chi connectivity index (χ4n) is 1.87. The van der Waals surface area contributed by atoms with Gasteiger partial charge in [-0.1, -0.05) is 12.2 Å². The molecule has 0 aromatic heterocycles. The Balaban J connectivity index is 2.23. The van der Waals surface area contributed by atoms with Gasteiger partial charge >= 0.3 is 6.18 Å². The summed E-state index contributed by atoms with van der Waals surface area (Å²) in [4.78, 5) is 0. The van der Waals surface area contributed by atoms with Gasteiger partial charge in [-0.3, -0.25) is 0 Å². The van der Waals surface area contributed by atoms with Gasteiger partial charge in [-0.25, -0.2) is 13.1 Å². The number of halogens is 3. The number of ether oxygens (including phenoxy) is 1. The molecule has 2 aliphatic rings. The first kappa shape index (κ1) is 14.4. The average molecular weight is 297 g/mol. The number of sulfonamides is 1. The lowest BCUT2D eigenvalue weighted by Crippen LogP contribution is -2.46. The van der Waals surface area contributed by atoms with Crippen LogP contribution in [-0.2, 0) is 14.8 Å². The molecule has 1 N–H and O–H groups in total. The van der Waals surface area contributed by atoms with Crippen LogP contribution < -0.4 is 4.72 Å². The maximum Gasteiger partial charge on any atom is 0.400 e. The molecule has 19 heavy (non-hydrogen) atoms. The average Bonchev–Trinajstić information content (AvgIpc) is 2.97. The lowest BCUT2D eigenvalue weighted by Gasteiger charge is -2.31. The Morgan fingerprint density at radius 3 is 2.47 bits per heavy atom. The van der Waals surface area contributed by atoms with E-state index in [1.807, 2.05) is 4.72 Å². The van der Waals surface area contributed by atoms with Crippen molar-refractivity contribution in [2.24, 2.45) is 5.92 Å². The van der Waals surface area contributed by atoms with Gasteiger partial charge in [0, 0.05) is 0 Å². The third kappa shape index (κ3) is 3.97. The number of allylic oxidation sites excluding steroid dienone is 2. The largest absolute Gasteiger partial charge is 0.494 e. The SMILES string of the molecule is CS(=O)(=O)NC1C=CC=C(OC2CC2)C1C(F)(F)F. The smallest absolute Gasteiger partial charge is 0.400 e. The van der Waals surface area contributed by atoms with Crippen molar-refractivity contribution in [2.45, 2.75) is 31.2 Å². The van der Waals surface area contributed by atoms with Crippen molar-refractivity contribution in [1.29, 1.82) is 0 Å². The van der Waals surface area contributed by atoms with Crippen LogP contribution in [-0.4, -0.2) is 33.0 Å². The van der Waals surface area contributed by atoms with Gasteiger partial charge in [0.15, 0.2) is 0 Å². The van der Waals surface area contributed by atoms with E-state index in [0.717, 1.165) is 19.1 Å². The number of nitrogens with one attached hydrogen (secondary N) is 1. The molecule has 0 amide bonds. The lowest BCUT2D eigenvalue weighted by molar-refractivity contribution is -0.177. The molecule has 4 nitrogen and oxygen atoms in total. The molecular formula is C11H14F3NO3S. The van der Waals surface area contributed by atoms with Crippen LogP contribution in [0.3, 0.4) is 0 Å². The van der Waals surface area contributed by atoms with Crippen molar-refractivity contribution in [2.75, 3.05) is 6.26 Å². The zero-order valence-corrected chi connectivity index (χ0v) is 11.0. The Morgan fingerprint density at radius 2 is 2.00 bits per heavy atom. The van der Waals surface area contributed by atoms with E-state index in [4.69, 9.17) is 4.74 Å². The summed E-state index contributed by atoms with van der Waals surface area (Å²) in [5.41, 5.74) is 0. The highest BCUT2D eigenvalue weighted by Crippen LogP contribution is 2.40. The highest BCUT2D eigenvalue weighted by Gasteiger charge is 2.49. The summed E-state index contributed by atoms with van der Waals surface area (Å²) in [6.07, 6.45) is 1.34. The van der Waals surface area contributed by atoms with Crippen molar-refractivity contribution in [3.63, 3.8) is 0 Å². The van der Waals surface area contributed by atoms with Crippen molar-refractivity contribution >= 4 is 10.0 Å². The molecule has 2 atom stereocenters. The maximum absolute atomic E-state index is 13.1. The summed E-state index contributed by atoms with van der Waals surface area (Å²) in [5, 5.41) is 0. The van der Waals surface area contributed by atoms with Crippen molar-refractivity contribution in [3.05, 3.63) is 24.0 Å². The second-order valence-electron chi connectivity index (χ2n) is 4.71. The van der Waals surface area contributed by atoms with E-state index in [9.17, 15) is 21.6 Å². The van der Waals surface area contributed by atoms with E-state index in [0.29, 0.717) is 0 Å². The Labute approximate surface area is 109 Å². The molecule has 0 radical (unpaired) electrons. The zero-order chi connectivity index (χ0) is 14.3. The second kappa shape index (κ2) is 4.82. The maximum atomic E-state index is 13.1. The Morgan fingerprint density at radius 1 is 1.37 bits per heavy atom. The lowest BCUT2D eigenvalue weighted by atomic mass is 9.93. The van der Waals surface area contributed by atoms with E-state index >= 15 is 0 Å². The Kier molecular flexibility index (Phi) is 3.65. The minimum atomic E-state index is -4.58. The third-order valence-electron chi connectivity index (χ3n) is 2.77. The topological polar surface area (TPSA) is 55.4 Å². The van der Waals surface area contributed by atoms with Crippen LogP contribution in [0.2, 0.25) is 0 Å². The fourth-order valence-corrected chi connectivity index (χ4v) is 2.58. The molecule has 0 aromatic carbocycles. The molecule has 0 spiro atoms. The normalized spacial score (nSPS) is 28.1. The van der Waals surface area contributed by atoms with Gasteiger partial charge in [-0.15, -0.1) is 0 Å². The number of hydrogen-bond acceptors (Lipinski definition) is 3. The predicted octanol–water partition coefficient (Wildman–Crippen LogP) is 1.72. The molecule has 0 bridgehead atoms. The minimum absolute atomic E-state index is 0.179. The van der Waals surface area contributed by atoms with Gasteiger partial charge in [0.05, 0.1) is 18.4 Å². The monoisotopic (exact) mass is 297 g/mol. The van der Waals surface area contributed by atoms with E-state index in [-0.39, 0.29) is 11.9 Å². The van der Waals surface area contributed by atoms with Gasteiger partial charge < -0.3 is 4.74 Å². The zero-order valence-electron chi connectivity index (χ0n) is 10.1. The van der Waals surface area contributed by atoms with Gasteiger partial charge in [-0.05, 0) is 18.9 Å². The van der Waals surface area contributed by atoms with Crippen LogP contribution in [0, 0.1) is 5.92 Å². The molecule has 0 aromatic rings. The molecule has 2 aliphatic carbocycles. The molecule has 108 valence electrons. The summed E-state index contributed by atoms with van der Waals surface area (Å²) in [6.45, 7) is 0. The summed E-state index contributed by atoms with van der Waals surface area (Å²) in [7, 11) is -3.74. The van der Waals surface area contributed by atoms with Gasteiger partial charge in [-0.2, -0.15) is 13.2 Å². The molecular weight excluding hydrogens is 283 g/mol. The van der Waals surface area contributed by atoms with Crippen molar-refractivity contribution in [1.82, 2.24) is 4.72 Å². The van der Waals surface area contributed by atoms with Crippen LogP contribution in [0.4, 0.5) is 13.2 Å². The van der Waals surface area contributed by atoms with E-state index in [1.54, 1.807) is 0 Å².